The van der Waals surface area contributed by atoms with Gasteiger partial charge in [0.15, 0.2) is 0 Å². The fraction of sp³-hybridized carbons (Fsp3) is 1.00. The second-order valence-corrected chi connectivity index (χ2v) is 4.09. The van der Waals surface area contributed by atoms with Gasteiger partial charge in [0.2, 0.25) is 0 Å². The maximum Gasteiger partial charge on any atom is 0.0530 e. The molecule has 2 saturated carbocycles. The standard InChI is InChI=1S/C9H17NO/c1-11-7-9(4-5-9)6-10-8-2-3-8/h8,10H,2-7H2,1H3. The van der Waals surface area contributed by atoms with Crippen LogP contribution in [0.4, 0.5) is 0 Å². The summed E-state index contributed by atoms with van der Waals surface area (Å²) >= 11 is 0. The summed E-state index contributed by atoms with van der Waals surface area (Å²) in [5.41, 5.74) is 0.539. The fourth-order valence-electron chi connectivity index (χ4n) is 1.50. The summed E-state index contributed by atoms with van der Waals surface area (Å²) < 4.78 is 5.18. The summed E-state index contributed by atoms with van der Waals surface area (Å²) in [5.74, 6) is 0. The molecule has 0 aliphatic heterocycles. The van der Waals surface area contributed by atoms with Gasteiger partial charge in [-0.05, 0) is 25.7 Å². The van der Waals surface area contributed by atoms with Gasteiger partial charge in [-0.25, -0.2) is 0 Å². The summed E-state index contributed by atoms with van der Waals surface area (Å²) in [7, 11) is 1.80. The van der Waals surface area contributed by atoms with Crippen LogP contribution in [-0.4, -0.2) is 26.3 Å². The molecule has 0 radical (unpaired) electrons. The van der Waals surface area contributed by atoms with Crippen molar-refractivity contribution in [2.24, 2.45) is 5.41 Å². The fourth-order valence-corrected chi connectivity index (χ4v) is 1.50. The molecule has 0 atom stereocenters. The molecule has 0 aromatic rings. The van der Waals surface area contributed by atoms with Crippen LogP contribution in [0.5, 0.6) is 0 Å². The molecule has 0 unspecified atom stereocenters. The average molecular weight is 155 g/mol. The van der Waals surface area contributed by atoms with E-state index in [1.165, 1.54) is 32.2 Å². The second-order valence-electron chi connectivity index (χ2n) is 4.09. The molecule has 0 aromatic heterocycles. The van der Waals surface area contributed by atoms with Gasteiger partial charge in [0, 0.05) is 25.1 Å². The number of hydrogen-bond donors (Lipinski definition) is 1. The van der Waals surface area contributed by atoms with Crippen LogP contribution < -0.4 is 5.32 Å². The van der Waals surface area contributed by atoms with Crippen molar-refractivity contribution in [3.05, 3.63) is 0 Å². The Morgan fingerprint density at radius 3 is 2.64 bits per heavy atom. The Balaban J connectivity index is 1.66. The average Bonchev–Trinajstić information content (AvgIpc) is 2.81. The Hall–Kier alpha value is -0.0800. The number of nitrogens with one attached hydrogen (secondary N) is 1. The first kappa shape index (κ1) is 7.56. The number of ether oxygens (including phenoxy) is 1. The van der Waals surface area contributed by atoms with E-state index in [0.717, 1.165) is 12.6 Å². The Morgan fingerprint density at radius 1 is 1.45 bits per heavy atom. The largest absolute Gasteiger partial charge is 0.384 e. The van der Waals surface area contributed by atoms with Gasteiger partial charge in [-0.1, -0.05) is 0 Å². The van der Waals surface area contributed by atoms with Crippen LogP contribution in [0, 0.1) is 5.41 Å². The van der Waals surface area contributed by atoms with Crippen molar-refractivity contribution in [2.45, 2.75) is 31.7 Å². The van der Waals surface area contributed by atoms with Gasteiger partial charge < -0.3 is 10.1 Å². The molecular weight excluding hydrogens is 138 g/mol. The molecule has 2 fully saturated rings. The lowest BCUT2D eigenvalue weighted by molar-refractivity contribution is 0.139. The van der Waals surface area contributed by atoms with Gasteiger partial charge in [-0.2, -0.15) is 0 Å². The predicted molar refractivity (Wildman–Crippen MR) is 44.6 cm³/mol. The van der Waals surface area contributed by atoms with E-state index in [4.69, 9.17) is 4.74 Å². The van der Waals surface area contributed by atoms with Crippen molar-refractivity contribution in [1.82, 2.24) is 5.32 Å². The minimum atomic E-state index is 0.539. The van der Waals surface area contributed by atoms with E-state index in [1.54, 1.807) is 7.11 Å². The Kier molecular flexibility index (Phi) is 1.90. The minimum Gasteiger partial charge on any atom is -0.384 e. The van der Waals surface area contributed by atoms with Crippen LogP contribution in [-0.2, 0) is 4.74 Å². The van der Waals surface area contributed by atoms with Gasteiger partial charge in [-0.3, -0.25) is 0 Å². The van der Waals surface area contributed by atoms with E-state index < -0.39 is 0 Å². The molecule has 0 aromatic carbocycles. The maximum absolute atomic E-state index is 5.18. The van der Waals surface area contributed by atoms with Crippen molar-refractivity contribution in [3.63, 3.8) is 0 Å². The minimum absolute atomic E-state index is 0.539. The molecule has 0 saturated heterocycles. The zero-order chi connectivity index (χ0) is 7.73. The molecule has 11 heavy (non-hydrogen) atoms. The van der Waals surface area contributed by atoms with E-state index in [-0.39, 0.29) is 0 Å². The molecular formula is C9H17NO. The molecule has 0 bridgehead atoms. The lowest BCUT2D eigenvalue weighted by atomic mass is 10.1. The highest BCUT2D eigenvalue weighted by molar-refractivity contribution is 4.96. The normalized spacial score (nSPS) is 27.0. The molecule has 0 spiro atoms. The summed E-state index contributed by atoms with van der Waals surface area (Å²) in [5, 5.41) is 3.56. The molecule has 2 heteroatoms. The van der Waals surface area contributed by atoms with E-state index in [2.05, 4.69) is 5.32 Å². The lowest BCUT2D eigenvalue weighted by Crippen LogP contribution is -2.28. The van der Waals surface area contributed by atoms with Crippen LogP contribution in [0.2, 0.25) is 0 Å². The summed E-state index contributed by atoms with van der Waals surface area (Å²) in [6, 6.07) is 0.851. The topological polar surface area (TPSA) is 21.3 Å². The Labute approximate surface area is 68.3 Å². The first-order valence-corrected chi connectivity index (χ1v) is 4.57. The molecule has 0 amide bonds. The quantitative estimate of drug-likeness (QED) is 0.643. The van der Waals surface area contributed by atoms with Crippen molar-refractivity contribution in [3.8, 4) is 0 Å². The van der Waals surface area contributed by atoms with Crippen LogP contribution in [0.15, 0.2) is 0 Å². The molecule has 2 nitrogen and oxygen atoms in total. The van der Waals surface area contributed by atoms with Gasteiger partial charge in [0.1, 0.15) is 0 Å². The first-order chi connectivity index (χ1) is 5.35. The summed E-state index contributed by atoms with van der Waals surface area (Å²) in [4.78, 5) is 0. The Bertz CT molecular complexity index is 138. The summed E-state index contributed by atoms with van der Waals surface area (Å²) in [6.45, 7) is 2.14. The van der Waals surface area contributed by atoms with E-state index >= 15 is 0 Å². The van der Waals surface area contributed by atoms with E-state index in [1.807, 2.05) is 0 Å². The molecule has 1 N–H and O–H groups in total. The predicted octanol–water partition coefficient (Wildman–Crippen LogP) is 1.16. The monoisotopic (exact) mass is 155 g/mol. The van der Waals surface area contributed by atoms with Crippen molar-refractivity contribution in [2.75, 3.05) is 20.3 Å². The molecule has 2 aliphatic carbocycles. The number of rotatable bonds is 5. The van der Waals surface area contributed by atoms with E-state index in [0.29, 0.717) is 5.41 Å². The van der Waals surface area contributed by atoms with Crippen molar-refractivity contribution >= 4 is 0 Å². The third kappa shape index (κ3) is 1.94. The van der Waals surface area contributed by atoms with Gasteiger partial charge in [-0.15, -0.1) is 0 Å². The van der Waals surface area contributed by atoms with E-state index in [9.17, 15) is 0 Å². The van der Waals surface area contributed by atoms with Crippen LogP contribution >= 0.6 is 0 Å². The van der Waals surface area contributed by atoms with Crippen LogP contribution in [0.1, 0.15) is 25.7 Å². The van der Waals surface area contributed by atoms with Crippen LogP contribution in [0.3, 0.4) is 0 Å². The highest BCUT2D eigenvalue weighted by Gasteiger charge is 2.43. The molecule has 0 heterocycles. The van der Waals surface area contributed by atoms with Gasteiger partial charge in [0.05, 0.1) is 6.61 Å². The third-order valence-corrected chi connectivity index (χ3v) is 2.75. The van der Waals surface area contributed by atoms with Crippen molar-refractivity contribution in [1.29, 1.82) is 0 Å². The van der Waals surface area contributed by atoms with Crippen LogP contribution in [0.25, 0.3) is 0 Å². The van der Waals surface area contributed by atoms with Gasteiger partial charge >= 0.3 is 0 Å². The third-order valence-electron chi connectivity index (χ3n) is 2.75. The zero-order valence-electron chi connectivity index (χ0n) is 7.23. The SMILES string of the molecule is COCC1(CNC2CC2)CC1. The highest BCUT2D eigenvalue weighted by Crippen LogP contribution is 2.45. The molecule has 64 valence electrons. The molecule has 2 aliphatic rings. The second kappa shape index (κ2) is 2.76. The van der Waals surface area contributed by atoms with Crippen molar-refractivity contribution < 1.29 is 4.74 Å². The summed E-state index contributed by atoms with van der Waals surface area (Å²) in [6.07, 6.45) is 5.51. The zero-order valence-corrected chi connectivity index (χ0v) is 7.23. The lowest BCUT2D eigenvalue weighted by Gasteiger charge is -2.13. The maximum atomic E-state index is 5.18. The number of hydrogen-bond acceptors (Lipinski definition) is 2. The van der Waals surface area contributed by atoms with Gasteiger partial charge in [0.25, 0.3) is 0 Å². The smallest absolute Gasteiger partial charge is 0.0530 e. The molecule has 2 rings (SSSR count). The number of methoxy groups -OCH3 is 1. The Morgan fingerprint density at radius 2 is 2.18 bits per heavy atom. The highest BCUT2D eigenvalue weighted by atomic mass is 16.5. The first-order valence-electron chi connectivity index (χ1n) is 4.57.